The first kappa shape index (κ1) is 36.6. The van der Waals surface area contributed by atoms with Gasteiger partial charge in [0.1, 0.15) is 21.8 Å². The minimum absolute atomic E-state index is 0.0518. The van der Waals surface area contributed by atoms with Crippen LogP contribution in [0.2, 0.25) is 0 Å². The Hall–Kier alpha value is -3.82. The number of aromatic nitrogens is 1. The molecular weight excluding hydrogens is 625 g/mol. The summed E-state index contributed by atoms with van der Waals surface area (Å²) in [5, 5.41) is 22.0. The molecule has 2 N–H and O–H groups in total. The number of nitriles is 1. The summed E-state index contributed by atoms with van der Waals surface area (Å²) < 4.78 is 12.8. The summed E-state index contributed by atoms with van der Waals surface area (Å²) >= 11 is 6.82. The molecule has 0 aliphatic carbocycles. The molecule has 0 atom stereocenters. The van der Waals surface area contributed by atoms with Crippen LogP contribution in [0, 0.1) is 18.3 Å². The van der Waals surface area contributed by atoms with E-state index in [1.807, 2.05) is 25.1 Å². The maximum atomic E-state index is 13.5. The van der Waals surface area contributed by atoms with Crippen LogP contribution < -0.4 is 20.3 Å². The Morgan fingerprint density at radius 1 is 1.07 bits per heavy atom. The van der Waals surface area contributed by atoms with Crippen molar-refractivity contribution in [1.29, 1.82) is 5.26 Å². The second kappa shape index (κ2) is 18.4. The second-order valence-electron chi connectivity index (χ2n) is 11.1. The van der Waals surface area contributed by atoms with E-state index in [0.717, 1.165) is 56.9 Å². The number of nitrogens with zero attached hydrogens (tertiary/aromatic N) is 3. The van der Waals surface area contributed by atoms with E-state index in [2.05, 4.69) is 11.4 Å². The van der Waals surface area contributed by atoms with Gasteiger partial charge in [0.2, 0.25) is 0 Å². The van der Waals surface area contributed by atoms with Crippen molar-refractivity contribution >= 4 is 52.1 Å². The number of anilines is 1. The Balaban J connectivity index is 1.71. The van der Waals surface area contributed by atoms with Crippen LogP contribution in [0.5, 0.6) is 11.5 Å². The third kappa shape index (κ3) is 9.59. The number of carbonyl (C=O) groups excluding carboxylic acids is 1. The molecule has 2 aromatic rings. The largest absolute Gasteiger partial charge is 0.493 e. The topological polar surface area (TPSA) is 134 Å². The number of thioether (sulfide) groups is 1. The molecule has 1 aliphatic heterocycles. The van der Waals surface area contributed by atoms with Gasteiger partial charge < -0.3 is 19.9 Å². The molecular formula is C34H44N4O6S2. The van der Waals surface area contributed by atoms with Crippen molar-refractivity contribution < 1.29 is 24.2 Å². The molecule has 1 aromatic heterocycles. The van der Waals surface area contributed by atoms with E-state index < -0.39 is 5.97 Å². The Morgan fingerprint density at radius 3 is 2.33 bits per heavy atom. The number of hydrogen-bond acceptors (Lipinski definition) is 9. The van der Waals surface area contributed by atoms with Gasteiger partial charge >= 0.3 is 5.97 Å². The Morgan fingerprint density at radius 2 is 1.72 bits per heavy atom. The SMILES string of the molecule is CCn1c(NCCc2ccc(OC)c(OC)c2)c(/C=C2/SC(=S)N(CCCCCCCCCCC(=O)O)C2=O)c(C)c(C#N)c1=O. The van der Waals surface area contributed by atoms with Gasteiger partial charge in [0.15, 0.2) is 11.5 Å². The number of hydrogen-bond donors (Lipinski definition) is 2. The maximum absolute atomic E-state index is 13.5. The normalized spacial score (nSPS) is 13.7. The molecule has 0 unspecified atom stereocenters. The number of nitrogens with one attached hydrogen (secondary N) is 1. The van der Waals surface area contributed by atoms with E-state index in [1.54, 1.807) is 36.7 Å². The van der Waals surface area contributed by atoms with Gasteiger partial charge in [-0.2, -0.15) is 5.26 Å². The van der Waals surface area contributed by atoms with Gasteiger partial charge in [0.05, 0.1) is 19.1 Å². The highest BCUT2D eigenvalue weighted by Gasteiger charge is 2.32. The molecule has 0 radical (unpaired) electrons. The van der Waals surface area contributed by atoms with Gasteiger partial charge in [-0.1, -0.05) is 68.6 Å². The molecule has 0 bridgehead atoms. The fourth-order valence-electron chi connectivity index (χ4n) is 5.45. The summed E-state index contributed by atoms with van der Waals surface area (Å²) in [5.74, 6) is 0.919. The van der Waals surface area contributed by atoms with Crippen LogP contribution in [0.3, 0.4) is 0 Å². The number of amides is 1. The molecule has 0 spiro atoms. The van der Waals surface area contributed by atoms with Crippen LogP contribution in [0.1, 0.15) is 87.0 Å². The van der Waals surface area contributed by atoms with Crippen molar-refractivity contribution in [1.82, 2.24) is 9.47 Å². The number of rotatable bonds is 19. The number of benzene rings is 1. The first-order valence-corrected chi connectivity index (χ1v) is 17.0. The maximum Gasteiger partial charge on any atom is 0.303 e. The van der Waals surface area contributed by atoms with Gasteiger partial charge in [-0.05, 0) is 62.4 Å². The lowest BCUT2D eigenvalue weighted by atomic mass is 10.0. The zero-order valence-electron chi connectivity index (χ0n) is 27.1. The molecule has 248 valence electrons. The van der Waals surface area contributed by atoms with E-state index in [4.69, 9.17) is 26.8 Å². The summed E-state index contributed by atoms with van der Waals surface area (Å²) in [6.45, 7) is 4.95. The number of carbonyl (C=O) groups is 2. The molecule has 0 saturated carbocycles. The Labute approximate surface area is 280 Å². The van der Waals surface area contributed by atoms with E-state index in [-0.39, 0.29) is 23.5 Å². The molecule has 3 rings (SSSR count). The zero-order chi connectivity index (χ0) is 33.6. The highest BCUT2D eigenvalue weighted by atomic mass is 32.2. The number of ether oxygens (including phenoxy) is 2. The number of methoxy groups -OCH3 is 2. The smallest absolute Gasteiger partial charge is 0.303 e. The number of aliphatic carboxylic acids is 1. The Kier molecular flexibility index (Phi) is 14.6. The molecule has 1 aromatic carbocycles. The van der Waals surface area contributed by atoms with Gasteiger partial charge in [0, 0.05) is 31.6 Å². The van der Waals surface area contributed by atoms with Crippen LogP contribution in [-0.2, 0) is 22.6 Å². The van der Waals surface area contributed by atoms with Crippen molar-refractivity contribution in [3.63, 3.8) is 0 Å². The lowest BCUT2D eigenvalue weighted by molar-refractivity contribution is -0.137. The fraction of sp³-hybridized carbons (Fsp3) is 0.500. The summed E-state index contributed by atoms with van der Waals surface area (Å²) in [6.07, 6.45) is 10.4. The Bertz CT molecular complexity index is 1550. The minimum atomic E-state index is -0.739. The highest BCUT2D eigenvalue weighted by Crippen LogP contribution is 2.35. The first-order chi connectivity index (χ1) is 22.2. The number of unbranched alkanes of at least 4 members (excludes halogenated alkanes) is 7. The number of carboxylic acid groups (broad SMARTS) is 1. The van der Waals surface area contributed by atoms with Crippen molar-refractivity contribution in [3.05, 3.63) is 55.7 Å². The predicted molar refractivity (Wildman–Crippen MR) is 187 cm³/mol. The van der Waals surface area contributed by atoms with Gasteiger partial charge in [-0.3, -0.25) is 23.9 Å². The number of carboxylic acids is 1. The van der Waals surface area contributed by atoms with Crippen LogP contribution in [-0.4, -0.2) is 58.1 Å². The van der Waals surface area contributed by atoms with Crippen molar-refractivity contribution in [3.8, 4) is 17.6 Å². The fourth-order valence-corrected chi connectivity index (χ4v) is 6.74. The molecule has 1 amide bonds. The minimum Gasteiger partial charge on any atom is -0.493 e. The molecule has 12 heteroatoms. The van der Waals surface area contributed by atoms with Crippen molar-refractivity contribution in [2.75, 3.05) is 32.6 Å². The monoisotopic (exact) mass is 668 g/mol. The molecule has 1 saturated heterocycles. The van der Waals surface area contributed by atoms with Crippen LogP contribution in [0.4, 0.5) is 5.82 Å². The lowest BCUT2D eigenvalue weighted by Gasteiger charge is -2.19. The van der Waals surface area contributed by atoms with Crippen molar-refractivity contribution in [2.24, 2.45) is 0 Å². The summed E-state index contributed by atoms with van der Waals surface area (Å²) in [7, 11) is 3.18. The molecule has 10 nitrogen and oxygen atoms in total. The predicted octanol–water partition coefficient (Wildman–Crippen LogP) is 6.52. The summed E-state index contributed by atoms with van der Waals surface area (Å²) in [6, 6.07) is 7.78. The summed E-state index contributed by atoms with van der Waals surface area (Å²) in [5.41, 5.74) is 1.82. The molecule has 2 heterocycles. The van der Waals surface area contributed by atoms with Crippen LogP contribution in [0.25, 0.3) is 6.08 Å². The average molecular weight is 669 g/mol. The number of pyridine rings is 1. The third-order valence-electron chi connectivity index (χ3n) is 8.02. The zero-order valence-corrected chi connectivity index (χ0v) is 28.8. The van der Waals surface area contributed by atoms with Crippen LogP contribution in [0.15, 0.2) is 27.9 Å². The summed E-state index contributed by atoms with van der Waals surface area (Å²) in [4.78, 5) is 39.4. The van der Waals surface area contributed by atoms with Crippen LogP contribution >= 0.6 is 24.0 Å². The molecule has 1 aliphatic rings. The number of thiocarbonyl (C=S) groups is 1. The first-order valence-electron chi connectivity index (χ1n) is 15.8. The van der Waals surface area contributed by atoms with Gasteiger partial charge in [-0.15, -0.1) is 0 Å². The average Bonchev–Trinajstić information content (AvgIpc) is 3.30. The van der Waals surface area contributed by atoms with E-state index >= 15 is 0 Å². The van der Waals surface area contributed by atoms with Gasteiger partial charge in [0.25, 0.3) is 11.5 Å². The quantitative estimate of drug-likeness (QED) is 0.0969. The standard InChI is InChI=1S/C34H44N4O6S2/c1-5-37-31(36-18-17-24-15-16-27(43-3)28(20-24)44-4)25(23(2)26(22-35)32(37)41)21-29-33(42)38(34(45)46-29)19-13-11-9-7-6-8-10-12-14-30(39)40/h15-16,20-21,36H,5-14,17-19H2,1-4H3,(H,39,40)/b29-21+. The van der Waals surface area contributed by atoms with Gasteiger partial charge in [-0.25, -0.2) is 0 Å². The van der Waals surface area contributed by atoms with Crippen molar-refractivity contribution in [2.45, 2.75) is 84.6 Å². The van der Waals surface area contributed by atoms with E-state index in [9.17, 15) is 19.6 Å². The third-order valence-corrected chi connectivity index (χ3v) is 9.39. The van der Waals surface area contributed by atoms with E-state index in [1.165, 1.54) is 11.8 Å². The lowest BCUT2D eigenvalue weighted by Crippen LogP contribution is -2.29. The highest BCUT2D eigenvalue weighted by molar-refractivity contribution is 8.26. The molecule has 1 fully saturated rings. The second-order valence-corrected chi connectivity index (χ2v) is 12.8. The van der Waals surface area contributed by atoms with E-state index in [0.29, 0.717) is 63.7 Å². The molecule has 46 heavy (non-hydrogen) atoms.